The van der Waals surface area contributed by atoms with E-state index in [1.165, 1.54) is 5.69 Å². The standard InChI is InChI=1S/C33H42N4O3S/c1-4-6-18-29(34-23-25-19-20-28(30(38)22-25)24-35-41(3,39)40)32-31(26-14-10-8-11-15-26)36-33(37(32)21-7-5-2)27-16-12-9-13-17-27/h8-17,19-20,22,29,34-35,38H,4-7,18,21,23-24H2,1-3H3. The van der Waals surface area contributed by atoms with E-state index in [1.54, 1.807) is 12.1 Å². The number of benzene rings is 3. The second kappa shape index (κ2) is 14.4. The van der Waals surface area contributed by atoms with E-state index in [-0.39, 0.29) is 18.3 Å². The lowest BCUT2D eigenvalue weighted by molar-refractivity contribution is 0.445. The predicted molar refractivity (Wildman–Crippen MR) is 167 cm³/mol. The van der Waals surface area contributed by atoms with Crippen molar-refractivity contribution < 1.29 is 13.5 Å². The zero-order valence-corrected chi connectivity index (χ0v) is 25.1. The number of phenols is 1. The molecule has 0 amide bonds. The van der Waals surface area contributed by atoms with Crippen molar-refractivity contribution in [3.63, 3.8) is 0 Å². The molecular weight excluding hydrogens is 532 g/mol. The van der Waals surface area contributed by atoms with Crippen LogP contribution in [0.15, 0.2) is 78.9 Å². The number of sulfonamides is 1. The first-order valence-electron chi connectivity index (χ1n) is 14.5. The first-order valence-corrected chi connectivity index (χ1v) is 16.4. The summed E-state index contributed by atoms with van der Waals surface area (Å²) in [4.78, 5) is 5.28. The Morgan fingerprint density at radius 3 is 2.15 bits per heavy atom. The van der Waals surface area contributed by atoms with Gasteiger partial charge in [-0.1, -0.05) is 106 Å². The Labute approximate surface area is 244 Å². The van der Waals surface area contributed by atoms with E-state index < -0.39 is 10.0 Å². The maximum Gasteiger partial charge on any atom is 0.209 e. The number of imidazole rings is 1. The van der Waals surface area contributed by atoms with Crippen LogP contribution in [0.3, 0.4) is 0 Å². The molecule has 1 aromatic heterocycles. The molecule has 1 heterocycles. The molecule has 0 aliphatic heterocycles. The van der Waals surface area contributed by atoms with Gasteiger partial charge in [0.05, 0.1) is 17.6 Å². The molecule has 0 bridgehead atoms. The lowest BCUT2D eigenvalue weighted by Crippen LogP contribution is -2.25. The van der Waals surface area contributed by atoms with Crippen LogP contribution in [0.25, 0.3) is 22.6 Å². The molecule has 1 unspecified atom stereocenters. The lowest BCUT2D eigenvalue weighted by atomic mass is 10.00. The Morgan fingerprint density at radius 2 is 1.54 bits per heavy atom. The number of unbranched alkanes of at least 4 members (excludes halogenated alkanes) is 2. The third-order valence-electron chi connectivity index (χ3n) is 7.22. The SMILES string of the molecule is CCCCC(NCc1ccc(CNS(C)(=O)=O)c(O)c1)c1c(-c2ccccc2)nc(-c2ccccc2)n1CCCC. The number of aromatic nitrogens is 2. The van der Waals surface area contributed by atoms with Gasteiger partial charge in [0.15, 0.2) is 0 Å². The normalized spacial score (nSPS) is 12.5. The maximum atomic E-state index is 11.5. The van der Waals surface area contributed by atoms with Gasteiger partial charge in [-0.05, 0) is 24.5 Å². The molecule has 0 spiro atoms. The van der Waals surface area contributed by atoms with Crippen molar-refractivity contribution in [3.05, 3.63) is 95.7 Å². The van der Waals surface area contributed by atoms with Gasteiger partial charge in [-0.25, -0.2) is 18.1 Å². The summed E-state index contributed by atoms with van der Waals surface area (Å²) >= 11 is 0. The van der Waals surface area contributed by atoms with E-state index in [0.29, 0.717) is 12.1 Å². The smallest absolute Gasteiger partial charge is 0.209 e. The minimum absolute atomic E-state index is 0.0423. The summed E-state index contributed by atoms with van der Waals surface area (Å²) in [5.41, 5.74) is 5.85. The van der Waals surface area contributed by atoms with Crippen molar-refractivity contribution in [1.29, 1.82) is 0 Å². The number of hydrogen-bond donors (Lipinski definition) is 3. The molecule has 0 aliphatic carbocycles. The molecule has 8 heteroatoms. The quantitative estimate of drug-likeness (QED) is 0.145. The van der Waals surface area contributed by atoms with E-state index in [0.717, 1.165) is 73.1 Å². The van der Waals surface area contributed by atoms with Gasteiger partial charge in [-0.2, -0.15) is 0 Å². The van der Waals surface area contributed by atoms with Crippen LogP contribution >= 0.6 is 0 Å². The van der Waals surface area contributed by atoms with Crippen LogP contribution in [0.2, 0.25) is 0 Å². The second-order valence-corrected chi connectivity index (χ2v) is 12.4. The van der Waals surface area contributed by atoms with Crippen molar-refractivity contribution >= 4 is 10.0 Å². The molecule has 4 rings (SSSR count). The van der Waals surface area contributed by atoms with Crippen molar-refractivity contribution in [1.82, 2.24) is 19.6 Å². The van der Waals surface area contributed by atoms with E-state index in [4.69, 9.17) is 4.98 Å². The van der Waals surface area contributed by atoms with Gasteiger partial charge in [-0.15, -0.1) is 0 Å². The summed E-state index contributed by atoms with van der Waals surface area (Å²) in [6.07, 6.45) is 6.33. The van der Waals surface area contributed by atoms with Crippen LogP contribution in [-0.2, 0) is 29.7 Å². The molecule has 1 atom stereocenters. The monoisotopic (exact) mass is 574 g/mol. The molecule has 0 radical (unpaired) electrons. The van der Waals surface area contributed by atoms with Crippen molar-refractivity contribution in [2.45, 2.75) is 71.6 Å². The van der Waals surface area contributed by atoms with Crippen molar-refractivity contribution in [2.24, 2.45) is 0 Å². The van der Waals surface area contributed by atoms with Crippen LogP contribution in [0.4, 0.5) is 0 Å². The molecule has 4 aromatic rings. The average Bonchev–Trinajstić information content (AvgIpc) is 3.35. The molecule has 3 N–H and O–H groups in total. The first kappa shape index (κ1) is 30.5. The van der Waals surface area contributed by atoms with Crippen molar-refractivity contribution in [3.8, 4) is 28.4 Å². The topological polar surface area (TPSA) is 96.2 Å². The highest BCUT2D eigenvalue weighted by Gasteiger charge is 2.26. The Morgan fingerprint density at radius 1 is 0.878 bits per heavy atom. The Balaban J connectivity index is 1.73. The molecule has 218 valence electrons. The van der Waals surface area contributed by atoms with Crippen LogP contribution in [0.5, 0.6) is 5.75 Å². The number of rotatable bonds is 15. The fourth-order valence-electron chi connectivity index (χ4n) is 5.04. The number of hydrogen-bond acceptors (Lipinski definition) is 5. The largest absolute Gasteiger partial charge is 0.508 e. The molecular formula is C33H42N4O3S. The lowest BCUT2D eigenvalue weighted by Gasteiger charge is -2.23. The van der Waals surface area contributed by atoms with Gasteiger partial charge < -0.3 is 15.0 Å². The Bertz CT molecular complexity index is 1500. The molecule has 0 saturated carbocycles. The van der Waals surface area contributed by atoms with Gasteiger partial charge in [0.25, 0.3) is 0 Å². The average molecular weight is 575 g/mol. The zero-order valence-electron chi connectivity index (χ0n) is 24.3. The molecule has 0 saturated heterocycles. The number of nitrogens with zero attached hydrogens (tertiary/aromatic N) is 2. The van der Waals surface area contributed by atoms with Crippen LogP contribution in [-0.4, -0.2) is 29.3 Å². The Hall–Kier alpha value is -3.46. The number of phenolic OH excluding ortho intramolecular Hbond substituents is 1. The number of nitrogens with one attached hydrogen (secondary N) is 2. The minimum Gasteiger partial charge on any atom is -0.508 e. The molecule has 0 fully saturated rings. The fourth-order valence-corrected chi connectivity index (χ4v) is 5.46. The summed E-state index contributed by atoms with van der Waals surface area (Å²) in [6, 6.07) is 26.3. The van der Waals surface area contributed by atoms with E-state index >= 15 is 0 Å². The highest BCUT2D eigenvalue weighted by atomic mass is 32.2. The minimum atomic E-state index is -3.35. The molecule has 7 nitrogen and oxygen atoms in total. The molecule has 3 aromatic carbocycles. The van der Waals surface area contributed by atoms with Gasteiger partial charge in [-0.3, -0.25) is 0 Å². The van der Waals surface area contributed by atoms with Crippen LogP contribution in [0.1, 0.15) is 68.8 Å². The molecule has 41 heavy (non-hydrogen) atoms. The van der Waals surface area contributed by atoms with Gasteiger partial charge in [0, 0.05) is 42.4 Å². The summed E-state index contributed by atoms with van der Waals surface area (Å²) in [7, 11) is -3.35. The second-order valence-electron chi connectivity index (χ2n) is 10.5. The van der Waals surface area contributed by atoms with Crippen LogP contribution in [0, 0.1) is 0 Å². The third kappa shape index (κ3) is 8.28. The zero-order chi connectivity index (χ0) is 29.2. The third-order valence-corrected chi connectivity index (χ3v) is 7.89. The summed E-state index contributed by atoms with van der Waals surface area (Å²) in [5, 5.41) is 14.4. The highest BCUT2D eigenvalue weighted by molar-refractivity contribution is 7.88. The fraction of sp³-hybridized carbons (Fsp3) is 0.364. The van der Waals surface area contributed by atoms with E-state index in [1.807, 2.05) is 18.2 Å². The van der Waals surface area contributed by atoms with Gasteiger partial charge >= 0.3 is 0 Å². The van der Waals surface area contributed by atoms with E-state index in [2.05, 4.69) is 77.0 Å². The highest BCUT2D eigenvalue weighted by Crippen LogP contribution is 2.36. The van der Waals surface area contributed by atoms with Gasteiger partial charge in [0.1, 0.15) is 11.6 Å². The van der Waals surface area contributed by atoms with E-state index in [9.17, 15) is 13.5 Å². The number of aromatic hydroxyl groups is 1. The summed E-state index contributed by atoms with van der Waals surface area (Å²) in [5.74, 6) is 1.06. The summed E-state index contributed by atoms with van der Waals surface area (Å²) < 4.78 is 27.8. The van der Waals surface area contributed by atoms with Crippen LogP contribution < -0.4 is 10.0 Å². The van der Waals surface area contributed by atoms with Gasteiger partial charge in [0.2, 0.25) is 10.0 Å². The Kier molecular flexibility index (Phi) is 10.7. The first-order chi connectivity index (χ1) is 19.8. The van der Waals surface area contributed by atoms with Crippen molar-refractivity contribution in [2.75, 3.05) is 6.26 Å². The summed E-state index contributed by atoms with van der Waals surface area (Å²) in [6.45, 7) is 5.90. The predicted octanol–water partition coefficient (Wildman–Crippen LogP) is 6.79. The maximum absolute atomic E-state index is 11.5. The molecule has 0 aliphatic rings.